The Balaban J connectivity index is 1.90. The number of anilines is 1. The molecule has 1 aliphatic carbocycles. The lowest BCUT2D eigenvalue weighted by Crippen LogP contribution is -2.09. The molecule has 0 spiro atoms. The molecule has 3 rings (SSSR count). The zero-order chi connectivity index (χ0) is 14.8. The molecule has 0 saturated heterocycles. The number of nitro benzene ring substituents is 1. The van der Waals surface area contributed by atoms with Gasteiger partial charge in [-0.15, -0.1) is 0 Å². The number of non-ortho nitro benzene ring substituents is 1. The largest absolute Gasteiger partial charge is 0.376 e. The molecule has 0 bridgehead atoms. The van der Waals surface area contributed by atoms with Crippen LogP contribution in [0.3, 0.4) is 0 Å². The molecular formula is C15H12N4O2. The van der Waals surface area contributed by atoms with Gasteiger partial charge in [0.25, 0.3) is 5.69 Å². The van der Waals surface area contributed by atoms with E-state index in [0.29, 0.717) is 5.69 Å². The lowest BCUT2D eigenvalue weighted by molar-refractivity contribution is -0.384. The van der Waals surface area contributed by atoms with E-state index in [1.54, 1.807) is 12.3 Å². The maximum Gasteiger partial charge on any atom is 0.270 e. The van der Waals surface area contributed by atoms with Crippen molar-refractivity contribution in [3.8, 4) is 6.07 Å². The van der Waals surface area contributed by atoms with E-state index in [2.05, 4.69) is 10.3 Å². The molecule has 0 aliphatic heterocycles. The van der Waals surface area contributed by atoms with Crippen LogP contribution in [0.15, 0.2) is 36.5 Å². The summed E-state index contributed by atoms with van der Waals surface area (Å²) >= 11 is 0. The minimum absolute atomic E-state index is 0.0368. The van der Waals surface area contributed by atoms with Crippen molar-refractivity contribution in [2.24, 2.45) is 0 Å². The second-order valence-corrected chi connectivity index (χ2v) is 4.88. The standard InChI is InChI=1S/C15H12N4O2/c16-9-11-8-12(19(20)21)4-6-13(11)18-14-5-3-10-2-1-7-17-15(10)14/h1-2,4,6-8,14,18H,3,5H2. The van der Waals surface area contributed by atoms with Crippen molar-refractivity contribution >= 4 is 11.4 Å². The van der Waals surface area contributed by atoms with Gasteiger partial charge in [0.2, 0.25) is 0 Å². The van der Waals surface area contributed by atoms with Crippen LogP contribution in [-0.2, 0) is 6.42 Å². The van der Waals surface area contributed by atoms with Crippen molar-refractivity contribution in [3.05, 3.63) is 63.5 Å². The second-order valence-electron chi connectivity index (χ2n) is 4.88. The lowest BCUT2D eigenvalue weighted by atomic mass is 10.1. The Labute approximate surface area is 121 Å². The van der Waals surface area contributed by atoms with Crippen molar-refractivity contribution in [1.82, 2.24) is 4.98 Å². The highest BCUT2D eigenvalue weighted by Gasteiger charge is 2.24. The lowest BCUT2D eigenvalue weighted by Gasteiger charge is -2.15. The van der Waals surface area contributed by atoms with Gasteiger partial charge in [0, 0.05) is 18.3 Å². The predicted octanol–water partition coefficient (Wildman–Crippen LogP) is 2.96. The van der Waals surface area contributed by atoms with Gasteiger partial charge in [-0.05, 0) is 30.5 Å². The highest BCUT2D eigenvalue weighted by molar-refractivity contribution is 5.62. The van der Waals surface area contributed by atoms with Gasteiger partial charge in [-0.1, -0.05) is 6.07 Å². The first-order valence-corrected chi connectivity index (χ1v) is 6.58. The molecule has 2 aromatic rings. The van der Waals surface area contributed by atoms with Crippen LogP contribution < -0.4 is 5.32 Å². The van der Waals surface area contributed by atoms with Gasteiger partial charge in [0.1, 0.15) is 6.07 Å². The smallest absolute Gasteiger partial charge is 0.270 e. The van der Waals surface area contributed by atoms with E-state index in [9.17, 15) is 10.1 Å². The number of nitro groups is 1. The average Bonchev–Trinajstić information content (AvgIpc) is 2.91. The molecule has 1 heterocycles. The summed E-state index contributed by atoms with van der Waals surface area (Å²) in [4.78, 5) is 14.6. The number of nitriles is 1. The molecule has 6 nitrogen and oxygen atoms in total. The summed E-state index contributed by atoms with van der Waals surface area (Å²) < 4.78 is 0. The fraction of sp³-hybridized carbons (Fsp3) is 0.200. The molecule has 0 saturated carbocycles. The zero-order valence-electron chi connectivity index (χ0n) is 11.1. The third-order valence-electron chi connectivity index (χ3n) is 3.62. The van der Waals surface area contributed by atoms with Gasteiger partial charge in [-0.25, -0.2) is 0 Å². The first kappa shape index (κ1) is 13.1. The summed E-state index contributed by atoms with van der Waals surface area (Å²) in [6, 6.07) is 10.3. The van der Waals surface area contributed by atoms with Crippen LogP contribution in [0.2, 0.25) is 0 Å². The van der Waals surface area contributed by atoms with Gasteiger partial charge < -0.3 is 5.32 Å². The number of hydrogen-bond acceptors (Lipinski definition) is 5. The predicted molar refractivity (Wildman–Crippen MR) is 76.7 cm³/mol. The number of hydrogen-bond donors (Lipinski definition) is 1. The molecule has 0 amide bonds. The summed E-state index contributed by atoms with van der Waals surface area (Å²) in [6.07, 6.45) is 3.59. The van der Waals surface area contributed by atoms with Crippen LogP contribution in [0.4, 0.5) is 11.4 Å². The Bertz CT molecular complexity index is 752. The Hall–Kier alpha value is -2.94. The maximum absolute atomic E-state index is 10.8. The molecule has 104 valence electrons. The van der Waals surface area contributed by atoms with Gasteiger partial charge in [-0.2, -0.15) is 5.26 Å². The molecule has 21 heavy (non-hydrogen) atoms. The van der Waals surface area contributed by atoms with E-state index in [4.69, 9.17) is 5.26 Å². The molecule has 1 aromatic heterocycles. The highest BCUT2D eigenvalue weighted by Crippen LogP contribution is 2.33. The van der Waals surface area contributed by atoms with E-state index in [1.165, 1.54) is 17.7 Å². The van der Waals surface area contributed by atoms with Crippen molar-refractivity contribution in [2.45, 2.75) is 18.9 Å². The molecular weight excluding hydrogens is 268 g/mol. The molecule has 1 aromatic carbocycles. The number of aromatic nitrogens is 1. The van der Waals surface area contributed by atoms with Crippen molar-refractivity contribution in [1.29, 1.82) is 5.26 Å². The number of pyridine rings is 1. The number of aryl methyl sites for hydroxylation is 1. The second kappa shape index (κ2) is 5.21. The topological polar surface area (TPSA) is 91.8 Å². The first-order valence-electron chi connectivity index (χ1n) is 6.58. The molecule has 0 fully saturated rings. The van der Waals surface area contributed by atoms with Gasteiger partial charge in [-0.3, -0.25) is 15.1 Å². The van der Waals surface area contributed by atoms with Crippen LogP contribution >= 0.6 is 0 Å². The van der Waals surface area contributed by atoms with E-state index < -0.39 is 4.92 Å². The summed E-state index contributed by atoms with van der Waals surface area (Å²) in [5, 5.41) is 23.2. The minimum atomic E-state index is -0.503. The third kappa shape index (κ3) is 2.41. The van der Waals surface area contributed by atoms with Gasteiger partial charge in [0.05, 0.1) is 27.9 Å². The van der Waals surface area contributed by atoms with Gasteiger partial charge in [0.15, 0.2) is 0 Å². The van der Waals surface area contributed by atoms with E-state index in [1.807, 2.05) is 18.2 Å². The van der Waals surface area contributed by atoms with Crippen molar-refractivity contribution in [3.63, 3.8) is 0 Å². The summed E-state index contributed by atoms with van der Waals surface area (Å²) in [7, 11) is 0. The molecule has 1 atom stereocenters. The SMILES string of the molecule is N#Cc1cc([N+](=O)[O-])ccc1NC1CCc2cccnc21. The Morgan fingerprint density at radius 1 is 1.43 bits per heavy atom. The summed E-state index contributed by atoms with van der Waals surface area (Å²) in [5.41, 5.74) is 2.98. The normalized spacial score (nSPS) is 16.0. The Morgan fingerprint density at radius 2 is 2.29 bits per heavy atom. The Kier molecular flexibility index (Phi) is 3.24. The molecule has 1 aliphatic rings. The molecule has 0 radical (unpaired) electrons. The number of benzene rings is 1. The highest BCUT2D eigenvalue weighted by atomic mass is 16.6. The van der Waals surface area contributed by atoms with Crippen LogP contribution in [0.5, 0.6) is 0 Å². The maximum atomic E-state index is 10.8. The monoisotopic (exact) mass is 280 g/mol. The average molecular weight is 280 g/mol. The van der Waals surface area contributed by atoms with Crippen LogP contribution in [0.25, 0.3) is 0 Å². The number of nitrogens with one attached hydrogen (secondary N) is 1. The van der Waals surface area contributed by atoms with Crippen LogP contribution in [0.1, 0.15) is 29.3 Å². The summed E-state index contributed by atoms with van der Waals surface area (Å²) in [5.74, 6) is 0. The van der Waals surface area contributed by atoms with E-state index in [-0.39, 0.29) is 17.3 Å². The van der Waals surface area contributed by atoms with Gasteiger partial charge >= 0.3 is 0 Å². The number of nitrogens with zero attached hydrogens (tertiary/aromatic N) is 3. The molecule has 1 N–H and O–H groups in total. The Morgan fingerprint density at radius 3 is 3.05 bits per heavy atom. The first-order chi connectivity index (χ1) is 10.2. The van der Waals surface area contributed by atoms with E-state index in [0.717, 1.165) is 18.5 Å². The zero-order valence-corrected chi connectivity index (χ0v) is 11.1. The number of rotatable bonds is 3. The fourth-order valence-corrected chi connectivity index (χ4v) is 2.60. The number of fused-ring (bicyclic) bond motifs is 1. The molecule has 6 heteroatoms. The third-order valence-corrected chi connectivity index (χ3v) is 3.62. The molecule has 1 unspecified atom stereocenters. The van der Waals surface area contributed by atoms with E-state index >= 15 is 0 Å². The fourth-order valence-electron chi connectivity index (χ4n) is 2.60. The van der Waals surface area contributed by atoms with Crippen molar-refractivity contribution in [2.75, 3.05) is 5.32 Å². The minimum Gasteiger partial charge on any atom is -0.376 e. The van der Waals surface area contributed by atoms with Crippen molar-refractivity contribution < 1.29 is 4.92 Å². The van der Waals surface area contributed by atoms with Crippen LogP contribution in [-0.4, -0.2) is 9.91 Å². The summed E-state index contributed by atoms with van der Waals surface area (Å²) in [6.45, 7) is 0. The van der Waals surface area contributed by atoms with Crippen LogP contribution in [0, 0.1) is 21.4 Å². The quantitative estimate of drug-likeness (QED) is 0.689.